The first-order valence-electron chi connectivity index (χ1n) is 9.13. The number of hydrogen-bond donors (Lipinski definition) is 2. The number of benzene rings is 2. The van der Waals surface area contributed by atoms with Crippen LogP contribution in [0.3, 0.4) is 0 Å². The number of rotatable bonds is 8. The van der Waals surface area contributed by atoms with Crippen molar-refractivity contribution in [2.75, 3.05) is 13.2 Å². The van der Waals surface area contributed by atoms with Gasteiger partial charge < -0.3 is 9.47 Å². The van der Waals surface area contributed by atoms with Crippen LogP contribution < -0.4 is 20.3 Å². The Bertz CT molecular complexity index is 839. The Balaban J connectivity index is 1.91. The SMILES string of the molecule is CCCCOc1ccc(Br)cc1C(=O)NNC(=O)COc1cccc(C)c1C. The van der Waals surface area contributed by atoms with E-state index in [9.17, 15) is 9.59 Å². The molecule has 0 saturated heterocycles. The van der Waals surface area contributed by atoms with E-state index in [0.29, 0.717) is 23.7 Å². The van der Waals surface area contributed by atoms with Crippen LogP contribution in [0.2, 0.25) is 0 Å². The molecule has 2 aromatic carbocycles. The maximum absolute atomic E-state index is 12.5. The zero-order chi connectivity index (χ0) is 20.5. The van der Waals surface area contributed by atoms with Gasteiger partial charge in [0.15, 0.2) is 6.61 Å². The predicted molar refractivity (Wildman–Crippen MR) is 112 cm³/mol. The zero-order valence-electron chi connectivity index (χ0n) is 16.3. The van der Waals surface area contributed by atoms with Crippen molar-refractivity contribution in [2.45, 2.75) is 33.6 Å². The fourth-order valence-electron chi connectivity index (χ4n) is 2.39. The monoisotopic (exact) mass is 448 g/mol. The topological polar surface area (TPSA) is 76.7 Å². The molecule has 0 saturated carbocycles. The number of hydrazine groups is 1. The maximum Gasteiger partial charge on any atom is 0.276 e. The lowest BCUT2D eigenvalue weighted by atomic mass is 10.1. The fraction of sp³-hybridized carbons (Fsp3) is 0.333. The predicted octanol–water partition coefficient (Wildman–Crippen LogP) is 4.08. The van der Waals surface area contributed by atoms with Crippen molar-refractivity contribution in [1.29, 1.82) is 0 Å². The average molecular weight is 449 g/mol. The van der Waals surface area contributed by atoms with E-state index >= 15 is 0 Å². The maximum atomic E-state index is 12.5. The third-order valence-electron chi connectivity index (χ3n) is 4.17. The first-order chi connectivity index (χ1) is 13.4. The molecule has 0 aromatic heterocycles. The van der Waals surface area contributed by atoms with Crippen molar-refractivity contribution in [3.8, 4) is 11.5 Å². The fourth-order valence-corrected chi connectivity index (χ4v) is 2.75. The number of carbonyl (C=O) groups excluding carboxylic acids is 2. The van der Waals surface area contributed by atoms with Crippen LogP contribution in [0.4, 0.5) is 0 Å². The standard InChI is InChI=1S/C21H25BrN2O4/c1-4-5-11-27-19-10-9-16(22)12-17(19)21(26)24-23-20(25)13-28-18-8-6-7-14(2)15(18)3/h6-10,12H,4-5,11,13H2,1-3H3,(H,23,25)(H,24,26). The molecule has 0 aliphatic rings. The van der Waals surface area contributed by atoms with Gasteiger partial charge in [0.1, 0.15) is 11.5 Å². The normalized spacial score (nSPS) is 10.3. The molecule has 2 rings (SSSR count). The lowest BCUT2D eigenvalue weighted by Crippen LogP contribution is -2.44. The van der Waals surface area contributed by atoms with Crippen molar-refractivity contribution in [3.05, 3.63) is 57.6 Å². The van der Waals surface area contributed by atoms with Crippen molar-refractivity contribution in [2.24, 2.45) is 0 Å². The Labute approximate surface area is 173 Å². The Kier molecular flexibility index (Phi) is 8.32. The zero-order valence-corrected chi connectivity index (χ0v) is 17.9. The van der Waals surface area contributed by atoms with Gasteiger partial charge in [-0.05, 0) is 55.7 Å². The summed E-state index contributed by atoms with van der Waals surface area (Å²) in [5.41, 5.74) is 7.15. The number of nitrogens with one attached hydrogen (secondary N) is 2. The summed E-state index contributed by atoms with van der Waals surface area (Å²) in [5.74, 6) is 0.181. The van der Waals surface area contributed by atoms with E-state index in [1.54, 1.807) is 24.3 Å². The summed E-state index contributed by atoms with van der Waals surface area (Å²) in [7, 11) is 0. The van der Waals surface area contributed by atoms with E-state index in [0.717, 1.165) is 28.4 Å². The number of amides is 2. The number of ether oxygens (including phenoxy) is 2. The van der Waals surface area contributed by atoms with Gasteiger partial charge >= 0.3 is 0 Å². The van der Waals surface area contributed by atoms with Crippen molar-refractivity contribution in [1.82, 2.24) is 10.9 Å². The van der Waals surface area contributed by atoms with Crippen LogP contribution in [-0.2, 0) is 4.79 Å². The highest BCUT2D eigenvalue weighted by molar-refractivity contribution is 9.10. The molecule has 0 heterocycles. The molecule has 2 N–H and O–H groups in total. The minimum absolute atomic E-state index is 0.205. The largest absolute Gasteiger partial charge is 0.493 e. The van der Waals surface area contributed by atoms with E-state index in [1.165, 1.54) is 0 Å². The van der Waals surface area contributed by atoms with Gasteiger partial charge in [0.2, 0.25) is 0 Å². The Morgan fingerprint density at radius 2 is 1.82 bits per heavy atom. The van der Waals surface area contributed by atoms with Gasteiger partial charge in [-0.2, -0.15) is 0 Å². The lowest BCUT2D eigenvalue weighted by Gasteiger charge is -2.13. The third kappa shape index (κ3) is 6.27. The quantitative estimate of drug-likeness (QED) is 0.470. The van der Waals surface area contributed by atoms with E-state index in [1.807, 2.05) is 26.0 Å². The molecule has 150 valence electrons. The van der Waals surface area contributed by atoms with Crippen LogP contribution in [0, 0.1) is 13.8 Å². The van der Waals surface area contributed by atoms with Crippen LogP contribution in [0.5, 0.6) is 11.5 Å². The van der Waals surface area contributed by atoms with Gasteiger partial charge in [0.25, 0.3) is 11.8 Å². The van der Waals surface area contributed by atoms with Crippen molar-refractivity contribution in [3.63, 3.8) is 0 Å². The summed E-state index contributed by atoms with van der Waals surface area (Å²) in [6, 6.07) is 10.8. The van der Waals surface area contributed by atoms with Gasteiger partial charge in [0, 0.05) is 4.47 Å². The molecule has 0 bridgehead atoms. The highest BCUT2D eigenvalue weighted by atomic mass is 79.9. The second-order valence-corrected chi connectivity index (χ2v) is 7.25. The molecule has 2 amide bonds. The molecule has 0 radical (unpaired) electrons. The van der Waals surface area contributed by atoms with Crippen LogP contribution in [0.25, 0.3) is 0 Å². The molecule has 0 atom stereocenters. The first kappa shape index (κ1) is 21.8. The lowest BCUT2D eigenvalue weighted by molar-refractivity contribution is -0.123. The smallest absolute Gasteiger partial charge is 0.276 e. The van der Waals surface area contributed by atoms with Crippen LogP contribution in [-0.4, -0.2) is 25.0 Å². The number of unbranched alkanes of at least 4 members (excludes halogenated alkanes) is 1. The average Bonchev–Trinajstić information content (AvgIpc) is 2.68. The van der Waals surface area contributed by atoms with Gasteiger partial charge in [-0.25, -0.2) is 0 Å². The van der Waals surface area contributed by atoms with Crippen LogP contribution in [0.15, 0.2) is 40.9 Å². The van der Waals surface area contributed by atoms with Gasteiger partial charge in [-0.15, -0.1) is 0 Å². The molecule has 0 fully saturated rings. The summed E-state index contributed by atoms with van der Waals surface area (Å²) in [6.45, 7) is 6.28. The van der Waals surface area contributed by atoms with E-state index in [2.05, 4.69) is 33.7 Å². The summed E-state index contributed by atoms with van der Waals surface area (Å²) in [4.78, 5) is 24.5. The first-order valence-corrected chi connectivity index (χ1v) is 9.92. The van der Waals surface area contributed by atoms with E-state index in [-0.39, 0.29) is 6.61 Å². The minimum atomic E-state index is -0.465. The third-order valence-corrected chi connectivity index (χ3v) is 4.66. The second kappa shape index (κ2) is 10.7. The summed E-state index contributed by atoms with van der Waals surface area (Å²) >= 11 is 3.35. The second-order valence-electron chi connectivity index (χ2n) is 6.33. The summed E-state index contributed by atoms with van der Waals surface area (Å²) in [5, 5.41) is 0. The van der Waals surface area contributed by atoms with Crippen molar-refractivity contribution < 1.29 is 19.1 Å². The van der Waals surface area contributed by atoms with Crippen LogP contribution in [0.1, 0.15) is 41.3 Å². The Hall–Kier alpha value is -2.54. The van der Waals surface area contributed by atoms with E-state index in [4.69, 9.17) is 9.47 Å². The number of carbonyl (C=O) groups is 2. The van der Waals surface area contributed by atoms with E-state index < -0.39 is 11.8 Å². The number of aryl methyl sites for hydroxylation is 1. The molecule has 2 aromatic rings. The summed E-state index contributed by atoms with van der Waals surface area (Å²) in [6.07, 6.45) is 1.89. The van der Waals surface area contributed by atoms with Gasteiger partial charge in [-0.3, -0.25) is 20.4 Å². The molecule has 28 heavy (non-hydrogen) atoms. The molecule has 0 aliphatic carbocycles. The molecule has 0 unspecified atom stereocenters. The van der Waals surface area contributed by atoms with Crippen LogP contribution >= 0.6 is 15.9 Å². The van der Waals surface area contributed by atoms with Gasteiger partial charge in [-0.1, -0.05) is 41.4 Å². The molecular weight excluding hydrogens is 424 g/mol. The molecule has 6 nitrogen and oxygen atoms in total. The van der Waals surface area contributed by atoms with Gasteiger partial charge in [0.05, 0.1) is 12.2 Å². The number of halogens is 1. The molecule has 7 heteroatoms. The molecular formula is C21H25BrN2O4. The Morgan fingerprint density at radius 1 is 1.04 bits per heavy atom. The Morgan fingerprint density at radius 3 is 2.57 bits per heavy atom. The highest BCUT2D eigenvalue weighted by Crippen LogP contribution is 2.23. The minimum Gasteiger partial charge on any atom is -0.493 e. The molecule has 0 aliphatic heterocycles. The van der Waals surface area contributed by atoms with Crippen molar-refractivity contribution >= 4 is 27.7 Å². The number of hydrogen-bond acceptors (Lipinski definition) is 4. The molecule has 0 spiro atoms. The summed E-state index contributed by atoms with van der Waals surface area (Å²) < 4.78 is 11.9. The highest BCUT2D eigenvalue weighted by Gasteiger charge is 2.15.